The van der Waals surface area contributed by atoms with Gasteiger partial charge in [-0.2, -0.15) is 0 Å². The minimum Gasteiger partial charge on any atom is -0.361 e. The number of nitrogens with zero attached hydrogens (tertiary/aromatic N) is 1. The molecule has 0 unspecified atom stereocenters. The summed E-state index contributed by atoms with van der Waals surface area (Å²) in [6, 6.07) is 5.02. The summed E-state index contributed by atoms with van der Waals surface area (Å²) in [5, 5.41) is 12.5. The highest BCUT2D eigenvalue weighted by atomic mass is 16.6. The number of amides is 2. The highest BCUT2D eigenvalue weighted by molar-refractivity contribution is 6.39. The molecule has 7 heteroatoms. The molecule has 0 saturated heterocycles. The van der Waals surface area contributed by atoms with E-state index in [1.807, 2.05) is 0 Å². The second-order valence-corrected chi connectivity index (χ2v) is 2.62. The van der Waals surface area contributed by atoms with Gasteiger partial charge < -0.3 is 11.1 Å². The number of nitro groups is 1. The fourth-order valence-electron chi connectivity index (χ4n) is 0.859. The Morgan fingerprint density at radius 3 is 2.20 bits per heavy atom. The highest BCUT2D eigenvalue weighted by Crippen LogP contribution is 2.14. The van der Waals surface area contributed by atoms with Crippen LogP contribution in [0, 0.1) is 10.1 Å². The molecule has 0 spiro atoms. The molecule has 0 heterocycles. The molecule has 1 aromatic carbocycles. The maximum absolute atomic E-state index is 10.8. The summed E-state index contributed by atoms with van der Waals surface area (Å²) in [6.45, 7) is 0. The number of benzene rings is 1. The van der Waals surface area contributed by atoms with Crippen molar-refractivity contribution in [2.45, 2.75) is 0 Å². The molecule has 1 aromatic rings. The quantitative estimate of drug-likeness (QED) is 0.405. The number of hydrogen-bond donors (Lipinski definition) is 2. The summed E-state index contributed by atoms with van der Waals surface area (Å²) in [5.74, 6) is -2.09. The molecule has 0 aliphatic heterocycles. The van der Waals surface area contributed by atoms with Gasteiger partial charge in [0.15, 0.2) is 0 Å². The molecule has 1 rings (SSSR count). The first-order valence-corrected chi connectivity index (χ1v) is 3.86. The van der Waals surface area contributed by atoms with E-state index >= 15 is 0 Å². The number of rotatable bonds is 2. The number of non-ortho nitro benzene ring substituents is 1. The molecule has 0 saturated carbocycles. The second-order valence-electron chi connectivity index (χ2n) is 2.62. The maximum Gasteiger partial charge on any atom is 0.313 e. The SMILES string of the molecule is NC(=O)C(=O)Nc1ccc([N+](=O)[O-])cc1. The molecule has 0 aromatic heterocycles. The minimum absolute atomic E-state index is 0.105. The number of nitro benzene ring substituents is 1. The van der Waals surface area contributed by atoms with E-state index in [0.29, 0.717) is 0 Å². The molecule has 3 N–H and O–H groups in total. The first-order valence-electron chi connectivity index (χ1n) is 3.86. The van der Waals surface area contributed by atoms with Crippen LogP contribution in [0.2, 0.25) is 0 Å². The summed E-state index contributed by atoms with van der Waals surface area (Å²) >= 11 is 0. The van der Waals surface area contributed by atoms with Gasteiger partial charge in [0.25, 0.3) is 5.69 Å². The molecule has 2 amide bonds. The summed E-state index contributed by atoms with van der Waals surface area (Å²) in [6.07, 6.45) is 0. The van der Waals surface area contributed by atoms with Gasteiger partial charge in [0.05, 0.1) is 4.92 Å². The van der Waals surface area contributed by atoms with Crippen molar-refractivity contribution in [3.05, 3.63) is 34.4 Å². The maximum atomic E-state index is 10.8. The molecule has 15 heavy (non-hydrogen) atoms. The van der Waals surface area contributed by atoms with Crippen LogP contribution in [0.3, 0.4) is 0 Å². The van der Waals surface area contributed by atoms with Crippen LogP contribution < -0.4 is 11.1 Å². The van der Waals surface area contributed by atoms with Crippen molar-refractivity contribution >= 4 is 23.2 Å². The third kappa shape index (κ3) is 2.76. The fraction of sp³-hybridized carbons (Fsp3) is 0. The van der Waals surface area contributed by atoms with Crippen LogP contribution in [0.25, 0.3) is 0 Å². The van der Waals surface area contributed by atoms with Crippen LogP contribution in [-0.2, 0) is 9.59 Å². The summed E-state index contributed by atoms with van der Waals surface area (Å²) in [5.41, 5.74) is 4.87. The third-order valence-electron chi connectivity index (χ3n) is 1.56. The number of carbonyl (C=O) groups is 2. The van der Waals surface area contributed by atoms with Crippen LogP contribution in [0.4, 0.5) is 11.4 Å². The number of hydrogen-bond acceptors (Lipinski definition) is 4. The van der Waals surface area contributed by atoms with Crippen molar-refractivity contribution in [1.82, 2.24) is 0 Å². The Morgan fingerprint density at radius 2 is 1.80 bits per heavy atom. The number of carbonyl (C=O) groups excluding carboxylic acids is 2. The lowest BCUT2D eigenvalue weighted by Crippen LogP contribution is -2.29. The summed E-state index contributed by atoms with van der Waals surface area (Å²) in [7, 11) is 0. The van der Waals surface area contributed by atoms with Crippen LogP contribution in [0.5, 0.6) is 0 Å². The van der Waals surface area contributed by atoms with Crippen LogP contribution in [0.1, 0.15) is 0 Å². The van der Waals surface area contributed by atoms with Crippen molar-refractivity contribution < 1.29 is 14.5 Å². The number of nitrogens with one attached hydrogen (secondary N) is 1. The van der Waals surface area contributed by atoms with Gasteiger partial charge >= 0.3 is 11.8 Å². The van der Waals surface area contributed by atoms with Crippen molar-refractivity contribution in [1.29, 1.82) is 0 Å². The average Bonchev–Trinajstić information content (AvgIpc) is 2.18. The van der Waals surface area contributed by atoms with Gasteiger partial charge in [-0.25, -0.2) is 0 Å². The van der Waals surface area contributed by atoms with E-state index in [1.165, 1.54) is 24.3 Å². The topological polar surface area (TPSA) is 115 Å². The molecular weight excluding hydrogens is 202 g/mol. The third-order valence-corrected chi connectivity index (χ3v) is 1.56. The van der Waals surface area contributed by atoms with Gasteiger partial charge in [0.2, 0.25) is 0 Å². The molecule has 0 bridgehead atoms. The molecule has 78 valence electrons. The summed E-state index contributed by atoms with van der Waals surface area (Å²) in [4.78, 5) is 30.9. The molecule has 0 radical (unpaired) electrons. The Morgan fingerprint density at radius 1 is 1.27 bits per heavy atom. The van der Waals surface area contributed by atoms with Gasteiger partial charge in [-0.15, -0.1) is 0 Å². The molecule has 0 aliphatic rings. The van der Waals surface area contributed by atoms with Gasteiger partial charge in [-0.3, -0.25) is 19.7 Å². The predicted octanol–water partition coefficient (Wildman–Crippen LogP) is 0.0186. The smallest absolute Gasteiger partial charge is 0.313 e. The van der Waals surface area contributed by atoms with E-state index in [1.54, 1.807) is 0 Å². The Bertz CT molecular complexity index is 412. The Hall–Kier alpha value is -2.44. The lowest BCUT2D eigenvalue weighted by Gasteiger charge is -2.00. The molecular formula is C8H7N3O4. The van der Waals surface area contributed by atoms with E-state index in [0.717, 1.165) is 0 Å². The second kappa shape index (κ2) is 4.18. The highest BCUT2D eigenvalue weighted by Gasteiger charge is 2.09. The lowest BCUT2D eigenvalue weighted by atomic mass is 10.3. The Balaban J connectivity index is 2.77. The van der Waals surface area contributed by atoms with Crippen LogP contribution in [0.15, 0.2) is 24.3 Å². The Kier molecular flexibility index (Phi) is 2.97. The molecule has 0 aliphatic carbocycles. The van der Waals surface area contributed by atoms with Crippen molar-refractivity contribution in [2.75, 3.05) is 5.32 Å². The van der Waals surface area contributed by atoms with E-state index in [9.17, 15) is 19.7 Å². The first-order chi connectivity index (χ1) is 7.00. The number of anilines is 1. The van der Waals surface area contributed by atoms with E-state index in [2.05, 4.69) is 5.32 Å². The van der Waals surface area contributed by atoms with Gasteiger partial charge in [0, 0.05) is 17.8 Å². The van der Waals surface area contributed by atoms with E-state index < -0.39 is 16.7 Å². The fourth-order valence-corrected chi connectivity index (χ4v) is 0.859. The molecule has 7 nitrogen and oxygen atoms in total. The molecule has 0 atom stereocenters. The van der Waals surface area contributed by atoms with Gasteiger partial charge in [0.1, 0.15) is 0 Å². The predicted molar refractivity (Wildman–Crippen MR) is 50.9 cm³/mol. The zero-order valence-electron chi connectivity index (χ0n) is 7.47. The average molecular weight is 209 g/mol. The normalized spacial score (nSPS) is 9.33. The minimum atomic E-state index is -1.12. The van der Waals surface area contributed by atoms with E-state index in [-0.39, 0.29) is 11.4 Å². The van der Waals surface area contributed by atoms with E-state index in [4.69, 9.17) is 5.73 Å². The van der Waals surface area contributed by atoms with Gasteiger partial charge in [-0.05, 0) is 12.1 Å². The Labute approximate surface area is 84.0 Å². The van der Waals surface area contributed by atoms with Crippen molar-refractivity contribution in [3.8, 4) is 0 Å². The zero-order chi connectivity index (χ0) is 11.4. The zero-order valence-corrected chi connectivity index (χ0v) is 7.47. The van der Waals surface area contributed by atoms with Gasteiger partial charge in [-0.1, -0.05) is 0 Å². The monoisotopic (exact) mass is 209 g/mol. The van der Waals surface area contributed by atoms with Crippen LogP contribution >= 0.6 is 0 Å². The number of primary amides is 1. The lowest BCUT2D eigenvalue weighted by molar-refractivity contribution is -0.384. The first kappa shape index (κ1) is 10.6. The largest absolute Gasteiger partial charge is 0.361 e. The molecule has 0 fully saturated rings. The summed E-state index contributed by atoms with van der Waals surface area (Å²) < 4.78 is 0. The number of nitrogens with two attached hydrogens (primary N) is 1. The standard InChI is InChI=1S/C8H7N3O4/c9-7(12)8(13)10-5-1-3-6(4-2-5)11(14)15/h1-4H,(H2,9,12)(H,10,13). The van der Waals surface area contributed by atoms with Crippen molar-refractivity contribution in [2.24, 2.45) is 5.73 Å². The van der Waals surface area contributed by atoms with Crippen molar-refractivity contribution in [3.63, 3.8) is 0 Å². The van der Waals surface area contributed by atoms with Crippen LogP contribution in [-0.4, -0.2) is 16.7 Å².